The molecule has 2 atom stereocenters. The Kier molecular flexibility index (Phi) is 13.2. The molecule has 1 amide bonds. The second-order valence-corrected chi connectivity index (χ2v) is 11.4. The van der Waals surface area contributed by atoms with Crippen molar-refractivity contribution in [1.29, 1.82) is 0 Å². The van der Waals surface area contributed by atoms with Crippen LogP contribution >= 0.6 is 24.8 Å². The first-order valence-electron chi connectivity index (χ1n) is 14.6. The van der Waals surface area contributed by atoms with Crippen LogP contribution in [0.5, 0.6) is 5.75 Å². The highest BCUT2D eigenvalue weighted by Gasteiger charge is 2.35. The number of aromatic hydroxyl groups is 1. The molecule has 1 N–H and O–H groups in total. The molecule has 5 rings (SSSR count). The van der Waals surface area contributed by atoms with Gasteiger partial charge in [-0.1, -0.05) is 12.1 Å². The molecule has 0 spiro atoms. The van der Waals surface area contributed by atoms with E-state index >= 15 is 0 Å². The van der Waals surface area contributed by atoms with Crippen molar-refractivity contribution in [3.8, 4) is 11.4 Å². The van der Waals surface area contributed by atoms with Gasteiger partial charge in [0.15, 0.2) is 0 Å². The lowest BCUT2D eigenvalue weighted by Crippen LogP contribution is -2.57. The number of piperazine rings is 1. The van der Waals surface area contributed by atoms with Crippen LogP contribution in [0, 0.1) is 6.92 Å². The van der Waals surface area contributed by atoms with Crippen molar-refractivity contribution in [3.05, 3.63) is 83.2 Å². The second kappa shape index (κ2) is 16.2. The quantitative estimate of drug-likeness (QED) is 0.343. The molecule has 248 valence electrons. The van der Waals surface area contributed by atoms with E-state index in [0.717, 1.165) is 49.4 Å². The van der Waals surface area contributed by atoms with Crippen LogP contribution in [0.25, 0.3) is 5.69 Å². The predicted octanol–water partition coefficient (Wildman–Crippen LogP) is 5.07. The number of methoxy groups -OCH3 is 1. The summed E-state index contributed by atoms with van der Waals surface area (Å²) in [6.07, 6.45) is -0.786. The van der Waals surface area contributed by atoms with Crippen molar-refractivity contribution < 1.29 is 32.5 Å². The molecule has 2 aliphatic heterocycles. The van der Waals surface area contributed by atoms with Crippen molar-refractivity contribution >= 4 is 30.7 Å². The number of morpholine rings is 1. The molecule has 3 heterocycles. The average molecular weight is 674 g/mol. The Bertz CT molecular complexity index is 1390. The molecule has 8 nitrogen and oxygen atoms in total. The van der Waals surface area contributed by atoms with Gasteiger partial charge in [-0.25, -0.2) is 0 Å². The molecule has 13 heteroatoms. The Labute approximate surface area is 274 Å². The first-order valence-corrected chi connectivity index (χ1v) is 14.6. The Hall–Kier alpha value is -2.80. The van der Waals surface area contributed by atoms with Crippen LogP contribution in [0.1, 0.15) is 27.0 Å². The van der Waals surface area contributed by atoms with Gasteiger partial charge in [0.05, 0.1) is 24.9 Å². The smallest absolute Gasteiger partial charge is 0.416 e. The zero-order valence-electron chi connectivity index (χ0n) is 25.4. The van der Waals surface area contributed by atoms with E-state index in [2.05, 4.69) is 9.80 Å². The summed E-state index contributed by atoms with van der Waals surface area (Å²) in [4.78, 5) is 20.3. The summed E-state index contributed by atoms with van der Waals surface area (Å²) in [6.45, 7) is 7.82. The first-order chi connectivity index (χ1) is 20.6. The van der Waals surface area contributed by atoms with E-state index in [1.807, 2.05) is 19.1 Å². The van der Waals surface area contributed by atoms with Gasteiger partial charge >= 0.3 is 6.18 Å². The Balaban J connectivity index is 0.00000276. The number of nitrogens with zero attached hydrogens (tertiary/aromatic N) is 4. The van der Waals surface area contributed by atoms with Crippen LogP contribution in [0.15, 0.2) is 60.9 Å². The maximum atomic E-state index is 14.0. The highest BCUT2D eigenvalue weighted by Crippen LogP contribution is 2.32. The number of alkyl halides is 3. The van der Waals surface area contributed by atoms with Gasteiger partial charge in [0.1, 0.15) is 5.75 Å². The van der Waals surface area contributed by atoms with E-state index in [1.54, 1.807) is 47.2 Å². The fourth-order valence-electron chi connectivity index (χ4n) is 5.89. The largest absolute Gasteiger partial charge is 0.508 e. The fraction of sp³-hybridized carbons (Fsp3) is 0.469. The van der Waals surface area contributed by atoms with Gasteiger partial charge in [-0.3, -0.25) is 14.6 Å². The molecule has 0 radical (unpaired) electrons. The fourth-order valence-corrected chi connectivity index (χ4v) is 5.89. The Morgan fingerprint density at radius 3 is 2.38 bits per heavy atom. The van der Waals surface area contributed by atoms with Gasteiger partial charge in [0.2, 0.25) is 0 Å². The topological polar surface area (TPSA) is 70.4 Å². The van der Waals surface area contributed by atoms with E-state index in [-0.39, 0.29) is 54.0 Å². The number of amides is 1. The number of aromatic nitrogens is 1. The number of halogens is 5. The molecule has 2 saturated heterocycles. The third-order valence-corrected chi connectivity index (χ3v) is 8.28. The van der Waals surface area contributed by atoms with Crippen molar-refractivity contribution in [3.63, 3.8) is 0 Å². The van der Waals surface area contributed by atoms with Crippen molar-refractivity contribution in [2.45, 2.75) is 31.7 Å². The zero-order valence-corrected chi connectivity index (χ0v) is 27.0. The summed E-state index contributed by atoms with van der Waals surface area (Å²) in [7, 11) is 1.66. The van der Waals surface area contributed by atoms with Crippen molar-refractivity contribution in [2.24, 2.45) is 0 Å². The van der Waals surface area contributed by atoms with E-state index in [1.165, 1.54) is 6.07 Å². The maximum Gasteiger partial charge on any atom is 0.416 e. The molecule has 0 aliphatic carbocycles. The lowest BCUT2D eigenvalue weighted by atomic mass is 9.99. The van der Waals surface area contributed by atoms with Gasteiger partial charge in [0, 0.05) is 82.6 Å². The minimum Gasteiger partial charge on any atom is -0.508 e. The minimum absolute atomic E-state index is 0. The number of aryl methyl sites for hydroxylation is 1. The van der Waals surface area contributed by atoms with Gasteiger partial charge in [0.25, 0.3) is 5.91 Å². The highest BCUT2D eigenvalue weighted by molar-refractivity contribution is 5.95. The summed E-state index contributed by atoms with van der Waals surface area (Å²) >= 11 is 0. The molecule has 2 aromatic carbocycles. The third-order valence-electron chi connectivity index (χ3n) is 8.28. The summed E-state index contributed by atoms with van der Waals surface area (Å²) in [5.41, 5.74) is 1.03. The van der Waals surface area contributed by atoms with Gasteiger partial charge in [-0.05, 0) is 60.9 Å². The lowest BCUT2D eigenvalue weighted by molar-refractivity contribution is -0.137. The minimum atomic E-state index is -4.60. The van der Waals surface area contributed by atoms with Gasteiger partial charge in [-0.2, -0.15) is 13.2 Å². The number of carbonyl (C=O) groups is 1. The average Bonchev–Trinajstić information content (AvgIpc) is 3.53. The summed E-state index contributed by atoms with van der Waals surface area (Å²) in [5, 5.41) is 10.3. The van der Waals surface area contributed by atoms with E-state index in [4.69, 9.17) is 9.47 Å². The molecular weight excluding hydrogens is 632 g/mol. The predicted molar refractivity (Wildman–Crippen MR) is 171 cm³/mol. The summed E-state index contributed by atoms with van der Waals surface area (Å²) in [5.74, 6) is -0.258. The molecular formula is C32H41Cl2F3N4O4. The number of ether oxygens (including phenoxy) is 2. The van der Waals surface area contributed by atoms with Crippen molar-refractivity contribution in [1.82, 2.24) is 19.3 Å². The standard InChI is InChI=1S/C32H39F3N4O4.2ClH/c1-23-5-6-24(16-30(23)40)15-28-20-36(9-10-37-13-14-43-29(21-37)22-42-2)11-12-39(28)31(41)25-17-26(32(33,34)35)19-27(18-25)38-7-3-4-8-38;;/h3-8,16-19,28-29,40H,9-15,20-22H2,1-2H3;2*1H/t28-,29+;;/m1../s1. The molecule has 45 heavy (non-hydrogen) atoms. The van der Waals surface area contributed by atoms with Crippen LogP contribution in [0.3, 0.4) is 0 Å². The Morgan fingerprint density at radius 2 is 1.71 bits per heavy atom. The van der Waals surface area contributed by atoms with Crippen LogP contribution in [0.2, 0.25) is 0 Å². The second-order valence-electron chi connectivity index (χ2n) is 11.4. The van der Waals surface area contributed by atoms with Gasteiger partial charge in [-0.15, -0.1) is 24.8 Å². The normalized spacial score (nSPS) is 19.5. The number of carbonyl (C=O) groups excluding carboxylic acids is 1. The molecule has 2 aliphatic rings. The number of benzene rings is 2. The van der Waals surface area contributed by atoms with E-state index in [9.17, 15) is 23.1 Å². The highest BCUT2D eigenvalue weighted by atomic mass is 35.5. The molecule has 0 bridgehead atoms. The van der Waals surface area contributed by atoms with Crippen LogP contribution in [0.4, 0.5) is 13.2 Å². The SMILES string of the molecule is COC[C@@H]1CN(CCN2CCN(C(=O)c3cc(-n4cccc4)cc(C(F)(F)F)c3)[C@H](Cc3ccc(C)c(O)c3)C2)CCO1.Cl.Cl. The molecule has 2 fully saturated rings. The number of phenolic OH excluding ortho intramolecular Hbond substituents is 1. The Morgan fingerprint density at radius 1 is 1.00 bits per heavy atom. The molecule has 3 aromatic rings. The first kappa shape index (κ1) is 36.7. The zero-order chi connectivity index (χ0) is 30.6. The van der Waals surface area contributed by atoms with Crippen molar-refractivity contribution in [2.75, 3.05) is 66.1 Å². The number of hydrogen-bond donors (Lipinski definition) is 1. The molecule has 1 aromatic heterocycles. The summed E-state index contributed by atoms with van der Waals surface area (Å²) in [6, 6.07) is 12.2. The van der Waals surface area contributed by atoms with Crippen LogP contribution in [-0.4, -0.2) is 109 Å². The maximum absolute atomic E-state index is 14.0. The third kappa shape index (κ3) is 9.37. The number of hydrogen-bond acceptors (Lipinski definition) is 6. The summed E-state index contributed by atoms with van der Waals surface area (Å²) < 4.78 is 54.3. The number of rotatable bonds is 9. The molecule has 0 unspecified atom stereocenters. The van der Waals surface area contributed by atoms with Crippen LogP contribution in [-0.2, 0) is 22.1 Å². The monoisotopic (exact) mass is 672 g/mol. The molecule has 0 saturated carbocycles. The lowest BCUT2D eigenvalue weighted by Gasteiger charge is -2.43. The van der Waals surface area contributed by atoms with E-state index < -0.39 is 17.6 Å². The van der Waals surface area contributed by atoms with Crippen LogP contribution < -0.4 is 0 Å². The van der Waals surface area contributed by atoms with E-state index in [0.29, 0.717) is 39.3 Å². The number of phenols is 1. The van der Waals surface area contributed by atoms with Gasteiger partial charge < -0.3 is 24.0 Å².